The molecule has 1 amide bonds. The van der Waals surface area contributed by atoms with E-state index in [4.69, 9.17) is 0 Å². The van der Waals surface area contributed by atoms with Crippen LogP contribution in [0.2, 0.25) is 0 Å². The molecule has 16 heavy (non-hydrogen) atoms. The lowest BCUT2D eigenvalue weighted by Crippen LogP contribution is -2.41. The first-order valence-corrected chi connectivity index (χ1v) is 6.28. The smallest absolute Gasteiger partial charge is 0.252 e. The first-order chi connectivity index (χ1) is 7.02. The van der Waals surface area contributed by atoms with Crippen molar-refractivity contribution in [2.24, 2.45) is 0 Å². The molecule has 2 nitrogen and oxygen atoms in total. The Hall–Kier alpha value is -0.700. The molecule has 0 atom stereocenters. The monoisotopic (exact) mass is 239 g/mol. The lowest BCUT2D eigenvalue weighted by Gasteiger charge is -2.33. The number of hydrogen-bond acceptors (Lipinski definition) is 2. The van der Waals surface area contributed by atoms with E-state index < -0.39 is 0 Å². The lowest BCUT2D eigenvalue weighted by molar-refractivity contribution is -0.126. The number of carbonyl (C=O) groups is 1. The summed E-state index contributed by atoms with van der Waals surface area (Å²) < 4.78 is 0.100. The van der Waals surface area contributed by atoms with Gasteiger partial charge < -0.3 is 4.90 Å². The summed E-state index contributed by atoms with van der Waals surface area (Å²) in [5.41, 5.74) is 0.627. The van der Waals surface area contributed by atoms with Crippen LogP contribution in [-0.4, -0.2) is 21.1 Å². The first kappa shape index (κ1) is 13.4. The standard InChI is InChI=1S/C13H21NOS/c1-9-10(16-13(5,6)7)8-11(15)14(9)12(2,3)4/h8H,1H2,2-7H3. The number of carbonyl (C=O) groups excluding carboxylic acids is 1. The fourth-order valence-corrected chi connectivity index (χ4v) is 2.69. The van der Waals surface area contributed by atoms with Gasteiger partial charge in [0.25, 0.3) is 5.91 Å². The van der Waals surface area contributed by atoms with Crippen molar-refractivity contribution in [3.63, 3.8) is 0 Å². The molecule has 1 aliphatic heterocycles. The van der Waals surface area contributed by atoms with Gasteiger partial charge in [-0.15, -0.1) is 11.8 Å². The molecule has 0 saturated carbocycles. The summed E-state index contributed by atoms with van der Waals surface area (Å²) in [4.78, 5) is 14.7. The normalized spacial score (nSPS) is 18.1. The van der Waals surface area contributed by atoms with Crippen LogP contribution in [0.3, 0.4) is 0 Å². The van der Waals surface area contributed by atoms with Crippen molar-refractivity contribution < 1.29 is 4.79 Å². The van der Waals surface area contributed by atoms with Crippen molar-refractivity contribution in [3.05, 3.63) is 23.3 Å². The minimum atomic E-state index is -0.204. The minimum Gasteiger partial charge on any atom is -0.303 e. The van der Waals surface area contributed by atoms with Gasteiger partial charge in [0.2, 0.25) is 0 Å². The molecule has 1 heterocycles. The number of amides is 1. The van der Waals surface area contributed by atoms with Crippen LogP contribution in [0, 0.1) is 0 Å². The molecule has 0 fully saturated rings. The molecule has 0 aromatic rings. The number of nitrogens with zero attached hydrogens (tertiary/aromatic N) is 1. The Morgan fingerprint density at radius 1 is 1.19 bits per heavy atom. The second kappa shape index (κ2) is 3.95. The van der Waals surface area contributed by atoms with Crippen LogP contribution in [0.5, 0.6) is 0 Å². The van der Waals surface area contributed by atoms with Crippen molar-refractivity contribution in [2.75, 3.05) is 0 Å². The van der Waals surface area contributed by atoms with Crippen LogP contribution in [0.1, 0.15) is 41.5 Å². The molecule has 0 saturated heterocycles. The van der Waals surface area contributed by atoms with E-state index in [2.05, 4.69) is 27.4 Å². The first-order valence-electron chi connectivity index (χ1n) is 5.46. The highest BCUT2D eigenvalue weighted by atomic mass is 32.2. The minimum absolute atomic E-state index is 0.0456. The van der Waals surface area contributed by atoms with Gasteiger partial charge >= 0.3 is 0 Å². The summed E-state index contributed by atoms with van der Waals surface area (Å²) in [6, 6.07) is 0. The maximum absolute atomic E-state index is 11.9. The van der Waals surface area contributed by atoms with E-state index in [1.807, 2.05) is 20.8 Å². The van der Waals surface area contributed by atoms with Crippen LogP contribution in [-0.2, 0) is 4.79 Å². The summed E-state index contributed by atoms with van der Waals surface area (Å²) >= 11 is 1.70. The van der Waals surface area contributed by atoms with Crippen molar-refractivity contribution in [2.45, 2.75) is 51.8 Å². The molecule has 0 aromatic heterocycles. The van der Waals surface area contributed by atoms with Crippen molar-refractivity contribution >= 4 is 17.7 Å². The molecule has 90 valence electrons. The van der Waals surface area contributed by atoms with Gasteiger partial charge in [-0.05, 0) is 20.8 Å². The van der Waals surface area contributed by atoms with Crippen LogP contribution in [0.15, 0.2) is 23.3 Å². The molecule has 3 heteroatoms. The summed E-state index contributed by atoms with van der Waals surface area (Å²) in [7, 11) is 0. The van der Waals surface area contributed by atoms with Gasteiger partial charge in [-0.25, -0.2) is 0 Å². The number of thioether (sulfide) groups is 1. The molecule has 1 aliphatic rings. The highest BCUT2D eigenvalue weighted by Gasteiger charge is 2.35. The summed E-state index contributed by atoms with van der Waals surface area (Å²) in [5.74, 6) is 0.0456. The molecule has 0 spiro atoms. The van der Waals surface area contributed by atoms with E-state index in [9.17, 15) is 4.79 Å². The predicted molar refractivity (Wildman–Crippen MR) is 71.2 cm³/mol. The fraction of sp³-hybridized carbons (Fsp3) is 0.615. The average molecular weight is 239 g/mol. The Labute approximate surface area is 103 Å². The Kier molecular flexibility index (Phi) is 3.30. The lowest BCUT2D eigenvalue weighted by atomic mass is 10.1. The van der Waals surface area contributed by atoms with E-state index in [1.165, 1.54) is 0 Å². The SMILES string of the molecule is C=C1C(SC(C)(C)C)=CC(=O)N1C(C)(C)C. The van der Waals surface area contributed by atoms with E-state index in [1.54, 1.807) is 22.7 Å². The molecule has 0 aliphatic carbocycles. The summed E-state index contributed by atoms with van der Waals surface area (Å²) in [5, 5.41) is 0. The van der Waals surface area contributed by atoms with Crippen LogP contribution in [0.4, 0.5) is 0 Å². The Morgan fingerprint density at radius 2 is 1.69 bits per heavy atom. The zero-order valence-corrected chi connectivity index (χ0v) is 11.9. The summed E-state index contributed by atoms with van der Waals surface area (Å²) in [6.45, 7) is 16.5. The topological polar surface area (TPSA) is 20.3 Å². The van der Waals surface area contributed by atoms with Crippen LogP contribution < -0.4 is 0 Å². The van der Waals surface area contributed by atoms with Gasteiger partial charge in [0.1, 0.15) is 0 Å². The zero-order chi connectivity index (χ0) is 12.7. The maximum Gasteiger partial charge on any atom is 0.252 e. The molecule has 1 rings (SSSR count). The third-order valence-corrected chi connectivity index (χ3v) is 3.30. The van der Waals surface area contributed by atoms with E-state index in [0.29, 0.717) is 0 Å². The quantitative estimate of drug-likeness (QED) is 0.697. The maximum atomic E-state index is 11.9. The van der Waals surface area contributed by atoms with Gasteiger partial charge in [0.05, 0.1) is 5.70 Å². The van der Waals surface area contributed by atoms with Crippen LogP contribution in [0.25, 0.3) is 0 Å². The predicted octanol–water partition coefficient (Wildman–Crippen LogP) is 3.56. The van der Waals surface area contributed by atoms with Crippen molar-refractivity contribution in [1.82, 2.24) is 4.90 Å². The highest BCUT2D eigenvalue weighted by molar-refractivity contribution is 8.04. The van der Waals surface area contributed by atoms with Crippen molar-refractivity contribution in [3.8, 4) is 0 Å². The summed E-state index contributed by atoms with van der Waals surface area (Å²) in [6.07, 6.45) is 1.70. The second-order valence-corrected chi connectivity index (χ2v) is 7.88. The molecule has 0 radical (unpaired) electrons. The third-order valence-electron chi connectivity index (χ3n) is 2.12. The van der Waals surface area contributed by atoms with E-state index in [-0.39, 0.29) is 16.2 Å². The number of hydrogen-bond donors (Lipinski definition) is 0. The van der Waals surface area contributed by atoms with Gasteiger partial charge in [0.15, 0.2) is 0 Å². The molecule has 0 unspecified atom stereocenters. The molecule has 0 N–H and O–H groups in total. The second-order valence-electron chi connectivity index (χ2n) is 6.01. The Bertz CT molecular complexity index is 355. The van der Waals surface area contributed by atoms with Gasteiger partial charge in [-0.2, -0.15) is 0 Å². The average Bonchev–Trinajstić information content (AvgIpc) is 2.21. The zero-order valence-electron chi connectivity index (χ0n) is 11.0. The fourth-order valence-electron chi connectivity index (χ4n) is 1.66. The molecule has 0 bridgehead atoms. The number of rotatable bonds is 1. The largest absolute Gasteiger partial charge is 0.303 e. The van der Waals surface area contributed by atoms with Gasteiger partial charge in [0, 0.05) is 21.3 Å². The highest BCUT2D eigenvalue weighted by Crippen LogP contribution is 2.41. The van der Waals surface area contributed by atoms with Crippen LogP contribution >= 0.6 is 11.8 Å². The molecular formula is C13H21NOS. The molecular weight excluding hydrogens is 218 g/mol. The Balaban J connectivity index is 2.92. The van der Waals surface area contributed by atoms with E-state index >= 15 is 0 Å². The van der Waals surface area contributed by atoms with E-state index in [0.717, 1.165) is 10.6 Å². The third kappa shape index (κ3) is 2.91. The Morgan fingerprint density at radius 3 is 2.00 bits per heavy atom. The van der Waals surface area contributed by atoms with Crippen molar-refractivity contribution in [1.29, 1.82) is 0 Å². The van der Waals surface area contributed by atoms with Gasteiger partial charge in [-0.3, -0.25) is 4.79 Å². The molecule has 0 aromatic carbocycles. The van der Waals surface area contributed by atoms with Gasteiger partial charge in [-0.1, -0.05) is 27.4 Å².